The summed E-state index contributed by atoms with van der Waals surface area (Å²) in [6.07, 6.45) is 1.96. The van der Waals surface area contributed by atoms with Crippen LogP contribution in [0.3, 0.4) is 0 Å². The van der Waals surface area contributed by atoms with Crippen LogP contribution in [0.15, 0.2) is 29.6 Å². The number of nitrogens with one attached hydrogen (secondary N) is 1. The van der Waals surface area contributed by atoms with Gasteiger partial charge in [0.25, 0.3) is 5.91 Å². The lowest BCUT2D eigenvalue weighted by atomic mass is 9.97. The van der Waals surface area contributed by atoms with Crippen LogP contribution in [0.5, 0.6) is 0 Å². The lowest BCUT2D eigenvalue weighted by molar-refractivity contribution is -0.131. The molecule has 2 aliphatic rings. The summed E-state index contributed by atoms with van der Waals surface area (Å²) >= 11 is 1.52. The molecule has 0 bridgehead atoms. The third-order valence-corrected chi connectivity index (χ3v) is 7.04. The summed E-state index contributed by atoms with van der Waals surface area (Å²) in [5.41, 5.74) is 1.30. The van der Waals surface area contributed by atoms with E-state index in [1.807, 2.05) is 10.3 Å². The predicted molar refractivity (Wildman–Crippen MR) is 120 cm³/mol. The molecular formula is C23H29FN4O3S. The highest BCUT2D eigenvalue weighted by molar-refractivity contribution is 7.09. The van der Waals surface area contributed by atoms with Crippen molar-refractivity contribution in [2.75, 3.05) is 52.5 Å². The number of halogens is 1. The smallest absolute Gasteiger partial charge is 0.270 e. The maximum atomic E-state index is 13.0. The van der Waals surface area contributed by atoms with Gasteiger partial charge < -0.3 is 15.0 Å². The summed E-state index contributed by atoms with van der Waals surface area (Å²) in [4.78, 5) is 33.7. The number of carbonyl (C=O) groups excluding carboxylic acids is 2. The van der Waals surface area contributed by atoms with Gasteiger partial charge in [0.1, 0.15) is 11.5 Å². The van der Waals surface area contributed by atoms with Crippen LogP contribution in [-0.4, -0.2) is 79.1 Å². The highest BCUT2D eigenvalue weighted by atomic mass is 32.1. The summed E-state index contributed by atoms with van der Waals surface area (Å²) < 4.78 is 18.4. The standard InChI is InChI=1S/C23H29FN4O3S/c24-19-3-1-17(2-4-19)15-21(29)28-8-5-18(6-9-28)23-26-20(16-32-23)22(30)25-7-10-27-11-13-31-14-12-27/h1-4,16,18H,5-15H2,(H,25,30). The number of benzene rings is 1. The summed E-state index contributed by atoms with van der Waals surface area (Å²) in [6.45, 7) is 6.07. The molecule has 7 nitrogen and oxygen atoms in total. The van der Waals surface area contributed by atoms with E-state index in [0.29, 0.717) is 25.3 Å². The van der Waals surface area contributed by atoms with Crippen molar-refractivity contribution in [2.45, 2.75) is 25.2 Å². The number of hydrogen-bond donors (Lipinski definition) is 1. The van der Waals surface area contributed by atoms with Crippen LogP contribution in [0.4, 0.5) is 4.39 Å². The van der Waals surface area contributed by atoms with E-state index < -0.39 is 0 Å². The highest BCUT2D eigenvalue weighted by Gasteiger charge is 2.26. The Bertz CT molecular complexity index is 906. The Labute approximate surface area is 191 Å². The number of hydrogen-bond acceptors (Lipinski definition) is 6. The quantitative estimate of drug-likeness (QED) is 0.686. The molecule has 1 aromatic carbocycles. The molecule has 2 aliphatic heterocycles. The Morgan fingerprint density at radius 2 is 1.84 bits per heavy atom. The molecule has 1 N–H and O–H groups in total. The van der Waals surface area contributed by atoms with Crippen molar-refractivity contribution in [1.82, 2.24) is 20.1 Å². The van der Waals surface area contributed by atoms with Gasteiger partial charge in [-0.25, -0.2) is 9.37 Å². The van der Waals surface area contributed by atoms with Crippen molar-refractivity contribution in [3.05, 3.63) is 51.7 Å². The van der Waals surface area contributed by atoms with Crippen LogP contribution in [0, 0.1) is 5.82 Å². The van der Waals surface area contributed by atoms with Crippen molar-refractivity contribution >= 4 is 23.2 Å². The van der Waals surface area contributed by atoms with Crippen molar-refractivity contribution in [1.29, 1.82) is 0 Å². The summed E-state index contributed by atoms with van der Waals surface area (Å²) in [5.74, 6) is -0.0948. The zero-order valence-electron chi connectivity index (χ0n) is 18.1. The third kappa shape index (κ3) is 6.11. The maximum Gasteiger partial charge on any atom is 0.270 e. The average Bonchev–Trinajstić information content (AvgIpc) is 3.32. The molecule has 2 fully saturated rings. The van der Waals surface area contributed by atoms with Gasteiger partial charge in [-0.3, -0.25) is 14.5 Å². The van der Waals surface area contributed by atoms with E-state index in [1.165, 1.54) is 23.5 Å². The van der Waals surface area contributed by atoms with Gasteiger partial charge in [-0.2, -0.15) is 0 Å². The number of thiazole rings is 1. The Balaban J connectivity index is 1.21. The number of aromatic nitrogens is 1. The Hall–Kier alpha value is -2.36. The molecule has 2 saturated heterocycles. The highest BCUT2D eigenvalue weighted by Crippen LogP contribution is 2.30. The zero-order chi connectivity index (χ0) is 22.3. The van der Waals surface area contributed by atoms with Crippen LogP contribution in [0.25, 0.3) is 0 Å². The number of ether oxygens (including phenoxy) is 1. The molecule has 9 heteroatoms. The first-order valence-electron chi connectivity index (χ1n) is 11.1. The Morgan fingerprint density at radius 1 is 1.12 bits per heavy atom. The molecular weight excluding hydrogens is 431 g/mol. The zero-order valence-corrected chi connectivity index (χ0v) is 18.9. The fourth-order valence-corrected chi connectivity index (χ4v) is 5.06. The number of likely N-dealkylation sites (tertiary alicyclic amines) is 1. The lowest BCUT2D eigenvalue weighted by Gasteiger charge is -2.31. The topological polar surface area (TPSA) is 74.8 Å². The normalized spacial score (nSPS) is 18.0. The summed E-state index contributed by atoms with van der Waals surface area (Å²) in [6, 6.07) is 6.08. The first-order chi connectivity index (χ1) is 15.6. The van der Waals surface area contributed by atoms with Gasteiger partial charge in [0.2, 0.25) is 5.91 Å². The van der Waals surface area contributed by atoms with Crippen molar-refractivity contribution < 1.29 is 18.7 Å². The second kappa shape index (κ2) is 11.0. The minimum atomic E-state index is -0.296. The molecule has 0 aliphatic carbocycles. The number of amides is 2. The van der Waals surface area contributed by atoms with Crippen LogP contribution < -0.4 is 5.32 Å². The summed E-state index contributed by atoms with van der Waals surface area (Å²) in [7, 11) is 0. The van der Waals surface area contributed by atoms with Gasteiger partial charge in [-0.05, 0) is 30.5 Å². The number of morpholine rings is 1. The van der Waals surface area contributed by atoms with Crippen LogP contribution in [-0.2, 0) is 16.0 Å². The number of rotatable bonds is 7. The Morgan fingerprint density at radius 3 is 2.56 bits per heavy atom. The fourth-order valence-electron chi connectivity index (χ4n) is 4.09. The fraction of sp³-hybridized carbons (Fsp3) is 0.522. The first kappa shape index (κ1) is 22.8. The van der Waals surface area contributed by atoms with Crippen LogP contribution >= 0.6 is 11.3 Å². The monoisotopic (exact) mass is 460 g/mol. The molecule has 0 unspecified atom stereocenters. The van der Waals surface area contributed by atoms with Crippen LogP contribution in [0.2, 0.25) is 0 Å². The molecule has 2 aromatic rings. The van der Waals surface area contributed by atoms with Gasteiger partial charge in [-0.1, -0.05) is 12.1 Å². The minimum absolute atomic E-state index is 0.0644. The molecule has 3 heterocycles. The van der Waals surface area contributed by atoms with Gasteiger partial charge in [0, 0.05) is 50.6 Å². The molecule has 0 saturated carbocycles. The van der Waals surface area contributed by atoms with Crippen molar-refractivity contribution in [3.8, 4) is 0 Å². The molecule has 172 valence electrons. The van der Waals surface area contributed by atoms with Gasteiger partial charge in [0.05, 0.1) is 24.6 Å². The minimum Gasteiger partial charge on any atom is -0.379 e. The number of nitrogens with zero attached hydrogens (tertiary/aromatic N) is 3. The molecule has 0 spiro atoms. The average molecular weight is 461 g/mol. The van der Waals surface area contributed by atoms with E-state index in [9.17, 15) is 14.0 Å². The second-order valence-electron chi connectivity index (χ2n) is 8.24. The number of piperidine rings is 1. The molecule has 0 atom stereocenters. The van der Waals surface area contributed by atoms with Gasteiger partial charge in [0.15, 0.2) is 0 Å². The maximum absolute atomic E-state index is 13.0. The van der Waals surface area contributed by atoms with Crippen molar-refractivity contribution in [2.24, 2.45) is 0 Å². The van der Waals surface area contributed by atoms with E-state index in [2.05, 4.69) is 15.2 Å². The second-order valence-corrected chi connectivity index (χ2v) is 9.13. The van der Waals surface area contributed by atoms with E-state index in [-0.39, 0.29) is 30.0 Å². The molecule has 0 radical (unpaired) electrons. The Kier molecular flexibility index (Phi) is 7.83. The third-order valence-electron chi connectivity index (χ3n) is 6.04. The van der Waals surface area contributed by atoms with Gasteiger partial charge >= 0.3 is 0 Å². The molecule has 32 heavy (non-hydrogen) atoms. The van der Waals surface area contributed by atoms with E-state index in [4.69, 9.17) is 4.74 Å². The predicted octanol–water partition coefficient (Wildman–Crippen LogP) is 2.29. The van der Waals surface area contributed by atoms with E-state index in [0.717, 1.165) is 56.3 Å². The van der Waals surface area contributed by atoms with E-state index >= 15 is 0 Å². The lowest BCUT2D eigenvalue weighted by Crippen LogP contribution is -2.41. The van der Waals surface area contributed by atoms with Crippen molar-refractivity contribution in [3.63, 3.8) is 0 Å². The summed E-state index contributed by atoms with van der Waals surface area (Å²) in [5, 5.41) is 5.75. The molecule has 4 rings (SSSR count). The SMILES string of the molecule is O=C(NCCN1CCOCC1)c1csc(C2CCN(C(=O)Cc3ccc(F)cc3)CC2)n1. The van der Waals surface area contributed by atoms with E-state index in [1.54, 1.807) is 12.1 Å². The molecule has 2 amide bonds. The first-order valence-corrected chi connectivity index (χ1v) is 12.0. The molecule has 1 aromatic heterocycles. The largest absolute Gasteiger partial charge is 0.379 e. The number of carbonyl (C=O) groups is 2. The van der Waals surface area contributed by atoms with Crippen LogP contribution in [0.1, 0.15) is 39.8 Å². The van der Waals surface area contributed by atoms with Gasteiger partial charge in [-0.15, -0.1) is 11.3 Å².